The number of benzene rings is 2. The van der Waals surface area contributed by atoms with Crippen LogP contribution in [-0.4, -0.2) is 22.2 Å². The molecule has 7 heteroatoms. The Morgan fingerprint density at radius 2 is 1.96 bits per heavy atom. The summed E-state index contributed by atoms with van der Waals surface area (Å²) in [5.74, 6) is -1.24. The first-order valence-electron chi connectivity index (χ1n) is 6.90. The van der Waals surface area contributed by atoms with Gasteiger partial charge in [0.1, 0.15) is 0 Å². The molecule has 5 nitrogen and oxygen atoms in total. The smallest absolute Gasteiger partial charge is 0.335 e. The Kier molecular flexibility index (Phi) is 4.82. The standard InChI is InChI=1S/C17H11BrN2O3S/c18-12-6-4-10(5-7-12)8-14-15(21)20-17(24-14)19-13-3-1-2-11(9-13)16(22)23/h1-9H,(H,22,23)(H,19,20,21). The molecule has 0 saturated carbocycles. The minimum Gasteiger partial charge on any atom is -0.478 e. The number of hydrogen-bond donors (Lipinski definition) is 2. The molecule has 0 bridgehead atoms. The van der Waals surface area contributed by atoms with Crippen molar-refractivity contribution < 1.29 is 14.7 Å². The fraction of sp³-hybridized carbons (Fsp3) is 0. The Morgan fingerprint density at radius 3 is 2.67 bits per heavy atom. The van der Waals surface area contributed by atoms with Crippen LogP contribution < -0.4 is 5.32 Å². The molecule has 0 atom stereocenters. The number of carboxylic acids is 1. The summed E-state index contributed by atoms with van der Waals surface area (Å²) in [7, 11) is 0. The van der Waals surface area contributed by atoms with Crippen LogP contribution in [0.5, 0.6) is 0 Å². The monoisotopic (exact) mass is 402 g/mol. The van der Waals surface area contributed by atoms with Crippen molar-refractivity contribution in [2.24, 2.45) is 4.99 Å². The van der Waals surface area contributed by atoms with Crippen molar-refractivity contribution in [1.29, 1.82) is 0 Å². The number of aliphatic imine (C=N–C) groups is 1. The maximum absolute atomic E-state index is 12.0. The molecule has 1 fully saturated rings. The molecule has 1 aliphatic rings. The summed E-state index contributed by atoms with van der Waals surface area (Å²) in [6.45, 7) is 0. The molecule has 1 heterocycles. The Labute approximate surface area is 150 Å². The number of carbonyl (C=O) groups excluding carboxylic acids is 1. The molecule has 0 aliphatic carbocycles. The second-order valence-electron chi connectivity index (χ2n) is 4.89. The van der Waals surface area contributed by atoms with Gasteiger partial charge >= 0.3 is 5.97 Å². The lowest BCUT2D eigenvalue weighted by atomic mass is 10.2. The second kappa shape index (κ2) is 7.02. The average molecular weight is 403 g/mol. The van der Waals surface area contributed by atoms with Crippen LogP contribution in [0.2, 0.25) is 0 Å². The fourth-order valence-electron chi connectivity index (χ4n) is 2.02. The summed E-state index contributed by atoms with van der Waals surface area (Å²) >= 11 is 4.58. The van der Waals surface area contributed by atoms with Gasteiger partial charge in [0.15, 0.2) is 5.17 Å². The highest BCUT2D eigenvalue weighted by atomic mass is 79.9. The summed E-state index contributed by atoms with van der Waals surface area (Å²) in [6.07, 6.45) is 1.78. The highest BCUT2D eigenvalue weighted by molar-refractivity contribution is 9.10. The Balaban J connectivity index is 1.82. The third-order valence-electron chi connectivity index (χ3n) is 3.14. The van der Waals surface area contributed by atoms with Gasteiger partial charge in [-0.1, -0.05) is 34.1 Å². The molecular formula is C17H11BrN2O3S. The fourth-order valence-corrected chi connectivity index (χ4v) is 3.12. The predicted molar refractivity (Wildman–Crippen MR) is 98.3 cm³/mol. The topological polar surface area (TPSA) is 78.8 Å². The van der Waals surface area contributed by atoms with E-state index < -0.39 is 5.97 Å². The van der Waals surface area contributed by atoms with Crippen molar-refractivity contribution in [3.05, 3.63) is 69.0 Å². The zero-order valence-corrected chi connectivity index (χ0v) is 14.6. The number of aromatic carboxylic acids is 1. The van der Waals surface area contributed by atoms with E-state index in [9.17, 15) is 9.59 Å². The van der Waals surface area contributed by atoms with E-state index >= 15 is 0 Å². The minimum absolute atomic E-state index is 0.150. The molecule has 120 valence electrons. The van der Waals surface area contributed by atoms with E-state index in [0.717, 1.165) is 10.0 Å². The van der Waals surface area contributed by atoms with Crippen molar-refractivity contribution in [1.82, 2.24) is 5.32 Å². The third-order valence-corrected chi connectivity index (χ3v) is 4.58. The van der Waals surface area contributed by atoms with Crippen molar-refractivity contribution in [3.63, 3.8) is 0 Å². The van der Waals surface area contributed by atoms with Crippen molar-refractivity contribution in [3.8, 4) is 0 Å². The third kappa shape index (κ3) is 3.93. The maximum Gasteiger partial charge on any atom is 0.335 e. The lowest BCUT2D eigenvalue weighted by Gasteiger charge is -1.98. The number of hydrogen-bond acceptors (Lipinski definition) is 4. The Bertz CT molecular complexity index is 876. The second-order valence-corrected chi connectivity index (χ2v) is 6.84. The first kappa shape index (κ1) is 16.5. The lowest BCUT2D eigenvalue weighted by Crippen LogP contribution is -2.19. The summed E-state index contributed by atoms with van der Waals surface area (Å²) in [4.78, 5) is 27.8. The molecule has 3 rings (SSSR count). The quantitative estimate of drug-likeness (QED) is 0.759. The van der Waals surface area contributed by atoms with Crippen LogP contribution in [0.25, 0.3) is 6.08 Å². The van der Waals surface area contributed by atoms with E-state index in [4.69, 9.17) is 5.11 Å². The first-order valence-corrected chi connectivity index (χ1v) is 8.51. The van der Waals surface area contributed by atoms with Crippen molar-refractivity contribution in [2.45, 2.75) is 0 Å². The average Bonchev–Trinajstić information content (AvgIpc) is 2.89. The summed E-state index contributed by atoms with van der Waals surface area (Å²) in [5.41, 5.74) is 1.53. The molecule has 0 unspecified atom stereocenters. The summed E-state index contributed by atoms with van der Waals surface area (Å²) < 4.78 is 0.966. The van der Waals surface area contributed by atoms with E-state index in [-0.39, 0.29) is 11.5 Å². The number of rotatable bonds is 3. The van der Waals surface area contributed by atoms with Gasteiger partial charge in [-0.25, -0.2) is 9.79 Å². The van der Waals surface area contributed by atoms with E-state index in [0.29, 0.717) is 15.8 Å². The van der Waals surface area contributed by atoms with Crippen molar-refractivity contribution in [2.75, 3.05) is 0 Å². The number of carboxylic acid groups (broad SMARTS) is 1. The first-order chi connectivity index (χ1) is 11.5. The molecule has 1 amide bonds. The van der Waals surface area contributed by atoms with Gasteiger partial charge in [-0.3, -0.25) is 4.79 Å². The van der Waals surface area contributed by atoms with Gasteiger partial charge < -0.3 is 10.4 Å². The van der Waals surface area contributed by atoms with Gasteiger partial charge in [-0.05, 0) is 53.7 Å². The van der Waals surface area contributed by atoms with Crippen LogP contribution in [0.15, 0.2) is 62.9 Å². The van der Waals surface area contributed by atoms with Crippen LogP contribution in [-0.2, 0) is 4.79 Å². The van der Waals surface area contributed by atoms with Gasteiger partial charge in [-0.15, -0.1) is 0 Å². The summed E-state index contributed by atoms with van der Waals surface area (Å²) in [5, 5.41) is 12.1. The SMILES string of the molecule is O=C1NC(=Nc2cccc(C(=O)O)c2)SC1=Cc1ccc(Br)cc1. The number of thioether (sulfide) groups is 1. The maximum atomic E-state index is 12.0. The number of amidine groups is 1. The van der Waals surface area contributed by atoms with Crippen LogP contribution >= 0.6 is 27.7 Å². The predicted octanol–water partition coefficient (Wildman–Crippen LogP) is 4.04. The molecule has 0 spiro atoms. The van der Waals surface area contributed by atoms with E-state index in [1.54, 1.807) is 18.2 Å². The van der Waals surface area contributed by atoms with Crippen LogP contribution in [0.3, 0.4) is 0 Å². The minimum atomic E-state index is -1.02. The highest BCUT2D eigenvalue weighted by Gasteiger charge is 2.23. The van der Waals surface area contributed by atoms with Crippen molar-refractivity contribution >= 4 is 56.5 Å². The van der Waals surface area contributed by atoms with E-state index in [1.807, 2.05) is 24.3 Å². The number of nitrogens with zero attached hydrogens (tertiary/aromatic N) is 1. The van der Waals surface area contributed by atoms with Gasteiger partial charge in [0.05, 0.1) is 16.2 Å². The molecule has 1 saturated heterocycles. The number of halogens is 1. The molecule has 0 radical (unpaired) electrons. The van der Waals surface area contributed by atoms with Crippen LogP contribution in [0.1, 0.15) is 15.9 Å². The molecule has 2 aromatic carbocycles. The zero-order valence-electron chi connectivity index (χ0n) is 12.2. The van der Waals surface area contributed by atoms with Crippen LogP contribution in [0, 0.1) is 0 Å². The highest BCUT2D eigenvalue weighted by Crippen LogP contribution is 2.28. The lowest BCUT2D eigenvalue weighted by molar-refractivity contribution is -0.115. The Hall–Kier alpha value is -2.38. The number of amides is 1. The van der Waals surface area contributed by atoms with E-state index in [1.165, 1.54) is 23.9 Å². The molecule has 1 aliphatic heterocycles. The van der Waals surface area contributed by atoms with E-state index in [2.05, 4.69) is 26.2 Å². The normalized spacial score (nSPS) is 17.3. The van der Waals surface area contributed by atoms with Gasteiger partial charge in [-0.2, -0.15) is 0 Å². The number of nitrogens with one attached hydrogen (secondary N) is 1. The molecule has 2 N–H and O–H groups in total. The zero-order chi connectivity index (χ0) is 17.1. The molecule has 0 aromatic heterocycles. The van der Waals surface area contributed by atoms with Gasteiger partial charge in [0.2, 0.25) is 0 Å². The van der Waals surface area contributed by atoms with Gasteiger partial charge in [0, 0.05) is 4.47 Å². The molecule has 24 heavy (non-hydrogen) atoms. The Morgan fingerprint density at radius 1 is 1.21 bits per heavy atom. The van der Waals surface area contributed by atoms with Crippen LogP contribution in [0.4, 0.5) is 5.69 Å². The molecule has 2 aromatic rings. The largest absolute Gasteiger partial charge is 0.478 e. The summed E-state index contributed by atoms with van der Waals surface area (Å²) in [6, 6.07) is 13.8. The number of carbonyl (C=O) groups is 2. The van der Waals surface area contributed by atoms with Gasteiger partial charge in [0.25, 0.3) is 5.91 Å². The molecular weight excluding hydrogens is 392 g/mol.